The lowest BCUT2D eigenvalue weighted by atomic mass is 10.2. The van der Waals surface area contributed by atoms with Gasteiger partial charge in [0.2, 0.25) is 5.91 Å². The number of nitrogens with one attached hydrogen (secondary N) is 2. The lowest BCUT2D eigenvalue weighted by Crippen LogP contribution is -2.35. The molecule has 0 aliphatic rings. The van der Waals surface area contributed by atoms with Crippen LogP contribution in [-0.4, -0.2) is 35.0 Å². The lowest BCUT2D eigenvalue weighted by Gasteiger charge is -2.07. The van der Waals surface area contributed by atoms with E-state index in [2.05, 4.69) is 15.6 Å². The van der Waals surface area contributed by atoms with Gasteiger partial charge in [0.1, 0.15) is 10.8 Å². The quantitative estimate of drug-likeness (QED) is 0.537. The van der Waals surface area contributed by atoms with Crippen molar-refractivity contribution in [2.24, 2.45) is 0 Å². The van der Waals surface area contributed by atoms with Crippen molar-refractivity contribution in [2.75, 3.05) is 13.1 Å². The van der Waals surface area contributed by atoms with Gasteiger partial charge in [-0.2, -0.15) is 0 Å². The van der Waals surface area contributed by atoms with E-state index in [0.29, 0.717) is 6.54 Å². The highest BCUT2D eigenvalue weighted by molar-refractivity contribution is 7.13. The molecule has 3 N–H and O–H groups in total. The Labute approximate surface area is 167 Å². The van der Waals surface area contributed by atoms with E-state index >= 15 is 0 Å². The number of para-hydroxylation sites is 1. The Morgan fingerprint density at radius 3 is 2.50 bits per heavy atom. The summed E-state index contributed by atoms with van der Waals surface area (Å²) < 4.78 is 0. The van der Waals surface area contributed by atoms with Crippen molar-refractivity contribution in [1.29, 1.82) is 0 Å². The average molecular weight is 395 g/mol. The number of hydrogen-bond donors (Lipinski definition) is 3. The van der Waals surface area contributed by atoms with E-state index in [-0.39, 0.29) is 36.1 Å². The van der Waals surface area contributed by atoms with Crippen LogP contribution in [0.3, 0.4) is 0 Å². The van der Waals surface area contributed by atoms with Crippen LogP contribution in [0.25, 0.3) is 10.6 Å². The van der Waals surface area contributed by atoms with Crippen molar-refractivity contribution in [2.45, 2.75) is 13.3 Å². The van der Waals surface area contributed by atoms with Crippen LogP contribution in [0.1, 0.15) is 21.6 Å². The van der Waals surface area contributed by atoms with Crippen molar-refractivity contribution in [1.82, 2.24) is 15.6 Å². The Balaban J connectivity index is 1.43. The van der Waals surface area contributed by atoms with Gasteiger partial charge in [-0.3, -0.25) is 9.59 Å². The number of nitrogens with zero attached hydrogens (tertiary/aromatic N) is 1. The minimum atomic E-state index is -0.380. The maximum absolute atomic E-state index is 12.1. The number of phenols is 1. The first kappa shape index (κ1) is 19.6. The van der Waals surface area contributed by atoms with Crippen LogP contribution in [0, 0.1) is 6.92 Å². The van der Waals surface area contributed by atoms with E-state index in [9.17, 15) is 14.7 Å². The minimum Gasteiger partial charge on any atom is -0.507 e. The van der Waals surface area contributed by atoms with Crippen molar-refractivity contribution in [3.05, 3.63) is 70.7 Å². The Morgan fingerprint density at radius 1 is 1.04 bits per heavy atom. The summed E-state index contributed by atoms with van der Waals surface area (Å²) >= 11 is 1.51. The fraction of sp³-hybridized carbons (Fsp3) is 0.190. The molecule has 1 heterocycles. The molecule has 0 aliphatic heterocycles. The first-order valence-electron chi connectivity index (χ1n) is 8.87. The number of phenolic OH excluding ortho intramolecular Hbond substituents is 1. The lowest BCUT2D eigenvalue weighted by molar-refractivity contribution is -0.120. The van der Waals surface area contributed by atoms with Crippen molar-refractivity contribution in [3.8, 4) is 16.3 Å². The van der Waals surface area contributed by atoms with Gasteiger partial charge in [-0.25, -0.2) is 4.98 Å². The summed E-state index contributed by atoms with van der Waals surface area (Å²) in [5, 5.41) is 17.8. The zero-order valence-electron chi connectivity index (χ0n) is 15.4. The van der Waals surface area contributed by atoms with Gasteiger partial charge in [-0.05, 0) is 19.1 Å². The Hall–Kier alpha value is -3.19. The van der Waals surface area contributed by atoms with Gasteiger partial charge < -0.3 is 15.7 Å². The molecular weight excluding hydrogens is 374 g/mol. The predicted molar refractivity (Wildman–Crippen MR) is 109 cm³/mol. The van der Waals surface area contributed by atoms with Gasteiger partial charge in [-0.15, -0.1) is 11.3 Å². The van der Waals surface area contributed by atoms with Gasteiger partial charge in [0, 0.05) is 24.0 Å². The molecule has 0 aliphatic carbocycles. The van der Waals surface area contributed by atoms with E-state index < -0.39 is 0 Å². The molecular formula is C21H21N3O3S. The van der Waals surface area contributed by atoms with Crippen molar-refractivity contribution in [3.63, 3.8) is 0 Å². The SMILES string of the molecule is Cc1ccc(-c2nc(CC(=O)NCCNC(=O)c3ccccc3O)cs2)cc1. The predicted octanol–water partition coefficient (Wildman–Crippen LogP) is 2.91. The summed E-state index contributed by atoms with van der Waals surface area (Å²) in [7, 11) is 0. The second-order valence-electron chi connectivity index (χ2n) is 6.31. The molecule has 0 fully saturated rings. The monoisotopic (exact) mass is 395 g/mol. The smallest absolute Gasteiger partial charge is 0.255 e. The van der Waals surface area contributed by atoms with Crippen molar-refractivity contribution >= 4 is 23.2 Å². The molecule has 0 saturated heterocycles. The summed E-state index contributed by atoms with van der Waals surface area (Å²) in [4.78, 5) is 28.6. The fourth-order valence-corrected chi connectivity index (χ4v) is 3.41. The highest BCUT2D eigenvalue weighted by atomic mass is 32.1. The zero-order valence-corrected chi connectivity index (χ0v) is 16.3. The summed E-state index contributed by atoms with van der Waals surface area (Å²) in [6.45, 7) is 2.60. The maximum Gasteiger partial charge on any atom is 0.255 e. The van der Waals surface area contributed by atoms with E-state index in [0.717, 1.165) is 16.3 Å². The third-order valence-corrected chi connectivity index (χ3v) is 5.01. The second kappa shape index (κ2) is 9.14. The molecule has 6 nitrogen and oxygen atoms in total. The molecule has 0 radical (unpaired) electrons. The molecule has 0 bridgehead atoms. The van der Waals surface area contributed by atoms with E-state index in [4.69, 9.17) is 0 Å². The highest BCUT2D eigenvalue weighted by Crippen LogP contribution is 2.24. The van der Waals surface area contributed by atoms with Crippen LogP contribution in [0.15, 0.2) is 53.9 Å². The number of aryl methyl sites for hydroxylation is 1. The Kier molecular flexibility index (Phi) is 6.39. The maximum atomic E-state index is 12.1. The molecule has 2 amide bonds. The average Bonchev–Trinajstić information content (AvgIpc) is 3.14. The first-order chi connectivity index (χ1) is 13.5. The van der Waals surface area contributed by atoms with E-state index in [1.54, 1.807) is 12.1 Å². The molecule has 144 valence electrons. The fourth-order valence-electron chi connectivity index (χ4n) is 2.58. The summed E-state index contributed by atoms with van der Waals surface area (Å²) in [5.74, 6) is -0.607. The molecule has 0 saturated carbocycles. The number of aromatic nitrogens is 1. The van der Waals surface area contributed by atoms with Crippen LogP contribution in [0.4, 0.5) is 0 Å². The zero-order chi connectivity index (χ0) is 19.9. The molecule has 2 aromatic carbocycles. The standard InChI is InChI=1S/C21H21N3O3S/c1-14-6-8-15(9-7-14)21-24-16(13-28-21)12-19(26)22-10-11-23-20(27)17-4-2-3-5-18(17)25/h2-9,13,25H,10-12H2,1H3,(H,22,26)(H,23,27). The topological polar surface area (TPSA) is 91.3 Å². The van der Waals surface area contributed by atoms with Crippen LogP contribution in [0.2, 0.25) is 0 Å². The number of hydrogen-bond acceptors (Lipinski definition) is 5. The van der Waals surface area contributed by atoms with E-state index in [1.165, 1.54) is 29.0 Å². The number of amides is 2. The van der Waals surface area contributed by atoms with Gasteiger partial charge in [-0.1, -0.05) is 42.0 Å². The second-order valence-corrected chi connectivity index (χ2v) is 7.17. The molecule has 0 unspecified atom stereocenters. The highest BCUT2D eigenvalue weighted by Gasteiger charge is 2.11. The molecule has 3 rings (SSSR count). The van der Waals surface area contributed by atoms with Crippen LogP contribution in [-0.2, 0) is 11.2 Å². The van der Waals surface area contributed by atoms with E-state index in [1.807, 2.05) is 36.6 Å². The van der Waals surface area contributed by atoms with Gasteiger partial charge in [0.05, 0.1) is 17.7 Å². The summed E-state index contributed by atoms with van der Waals surface area (Å²) in [6.07, 6.45) is 0.190. The normalized spacial score (nSPS) is 10.5. The summed E-state index contributed by atoms with van der Waals surface area (Å²) in [5.41, 5.74) is 3.15. The minimum absolute atomic E-state index is 0.0723. The molecule has 0 spiro atoms. The Bertz CT molecular complexity index is 967. The first-order valence-corrected chi connectivity index (χ1v) is 9.75. The van der Waals surface area contributed by atoms with Gasteiger partial charge >= 0.3 is 0 Å². The Morgan fingerprint density at radius 2 is 1.75 bits per heavy atom. The molecule has 28 heavy (non-hydrogen) atoms. The number of rotatable bonds is 7. The summed E-state index contributed by atoms with van der Waals surface area (Å²) in [6, 6.07) is 14.4. The van der Waals surface area contributed by atoms with Crippen LogP contribution in [0.5, 0.6) is 5.75 Å². The van der Waals surface area contributed by atoms with Crippen molar-refractivity contribution < 1.29 is 14.7 Å². The molecule has 1 aromatic heterocycles. The number of thiazole rings is 1. The van der Waals surface area contributed by atoms with Gasteiger partial charge in [0.25, 0.3) is 5.91 Å². The van der Waals surface area contributed by atoms with Crippen LogP contribution < -0.4 is 10.6 Å². The number of benzene rings is 2. The third-order valence-electron chi connectivity index (χ3n) is 4.07. The van der Waals surface area contributed by atoms with Gasteiger partial charge in [0.15, 0.2) is 0 Å². The molecule has 0 atom stereocenters. The molecule has 7 heteroatoms. The number of carbonyl (C=O) groups is 2. The third kappa shape index (κ3) is 5.17. The number of aromatic hydroxyl groups is 1. The molecule has 3 aromatic rings. The van der Waals surface area contributed by atoms with Crippen LogP contribution >= 0.6 is 11.3 Å². The number of carbonyl (C=O) groups excluding carboxylic acids is 2. The largest absolute Gasteiger partial charge is 0.507 e.